The monoisotopic (exact) mass is 1110 g/mol. The Balaban J connectivity index is 0. The molecule has 2 N–H and O–H groups in total. The second-order valence-electron chi connectivity index (χ2n) is 22.9. The van der Waals surface area contributed by atoms with Crippen LogP contribution in [0.1, 0.15) is 147 Å². The third kappa shape index (κ3) is 32.8. The van der Waals surface area contributed by atoms with E-state index in [1.165, 1.54) is 61.6 Å². The van der Waals surface area contributed by atoms with Crippen molar-refractivity contribution in [1.29, 1.82) is 0 Å². The van der Waals surface area contributed by atoms with Crippen LogP contribution in [-0.4, -0.2) is 165 Å². The molecule has 0 unspecified atom stereocenters. The highest BCUT2D eigenvalue weighted by Crippen LogP contribution is 2.30. The highest BCUT2D eigenvalue weighted by atomic mass is 32.1. The van der Waals surface area contributed by atoms with Gasteiger partial charge in [-0.1, -0.05) is 136 Å². The number of nitrogens with zero attached hydrogens (tertiary/aromatic N) is 10. The van der Waals surface area contributed by atoms with Crippen molar-refractivity contribution in [2.75, 3.05) is 86.1 Å². The zero-order valence-electron chi connectivity index (χ0n) is 51.7. The van der Waals surface area contributed by atoms with Gasteiger partial charge in [0, 0.05) is 126 Å². The Morgan fingerprint density at radius 2 is 1.08 bits per heavy atom. The number of likely N-dealkylation sites (tertiary alicyclic amines) is 1. The summed E-state index contributed by atoms with van der Waals surface area (Å²) in [5.74, 6) is 5.84. The molecule has 1 aliphatic heterocycles. The number of aryl methyl sites for hydroxylation is 1. The van der Waals surface area contributed by atoms with Crippen molar-refractivity contribution >= 4 is 51.4 Å². The SMILES string of the molecule is CC(C)C(=O)N(C)Cc1nccn1C.CC(C)C(=O)N(C)Cc1nccs1.CC(C)C(=O)N(C)c1nccs1.CC(C)C(=O)N(CCO)CCO.CC(C)C(C)C.CC(C)C1CCCC1.CC(C)CN(C)C1CN(C)C1. The van der Waals surface area contributed by atoms with Gasteiger partial charge in [-0.05, 0) is 43.7 Å². The van der Waals surface area contributed by atoms with Crippen LogP contribution in [0.5, 0.6) is 0 Å². The molecule has 5 rings (SSSR count). The molecule has 0 spiro atoms. The summed E-state index contributed by atoms with van der Waals surface area (Å²) in [6.45, 7) is 38.6. The number of imidazole rings is 1. The molecule has 1 saturated carbocycles. The van der Waals surface area contributed by atoms with Gasteiger partial charge in [0.1, 0.15) is 10.8 Å². The van der Waals surface area contributed by atoms with Gasteiger partial charge in [0.25, 0.3) is 0 Å². The second-order valence-corrected chi connectivity index (χ2v) is 24.7. The molecule has 4 heterocycles. The number of aliphatic hydroxyl groups is 2. The summed E-state index contributed by atoms with van der Waals surface area (Å²) in [7, 11) is 11.7. The minimum absolute atomic E-state index is 0.0268. The van der Waals surface area contributed by atoms with E-state index in [9.17, 15) is 19.2 Å². The molecule has 0 bridgehead atoms. The first-order valence-corrected chi connectivity index (χ1v) is 29.6. The van der Waals surface area contributed by atoms with E-state index in [0.29, 0.717) is 26.2 Å². The Bertz CT molecular complexity index is 1900. The highest BCUT2D eigenvalue weighted by Gasteiger charge is 2.27. The van der Waals surface area contributed by atoms with Crippen LogP contribution in [-0.2, 0) is 39.3 Å². The third-order valence-corrected chi connectivity index (χ3v) is 14.6. The molecule has 76 heavy (non-hydrogen) atoms. The molecular weight excluding hydrogens is 997 g/mol. The van der Waals surface area contributed by atoms with Crippen molar-refractivity contribution < 1.29 is 29.4 Å². The molecular formula is C58H110N10O6S2. The zero-order chi connectivity index (χ0) is 58.8. The quantitative estimate of drug-likeness (QED) is 0.124. The summed E-state index contributed by atoms with van der Waals surface area (Å²) in [5, 5.41) is 22.8. The van der Waals surface area contributed by atoms with Crippen LogP contribution >= 0.6 is 22.7 Å². The van der Waals surface area contributed by atoms with Gasteiger partial charge >= 0.3 is 0 Å². The summed E-state index contributed by atoms with van der Waals surface area (Å²) in [5.41, 5.74) is 0. The molecule has 1 aliphatic carbocycles. The summed E-state index contributed by atoms with van der Waals surface area (Å²) < 4.78 is 1.92. The predicted octanol–water partition coefficient (Wildman–Crippen LogP) is 10.0. The van der Waals surface area contributed by atoms with Crippen LogP contribution in [0.4, 0.5) is 5.13 Å². The lowest BCUT2D eigenvalue weighted by atomic mass is 9.95. The fourth-order valence-electron chi connectivity index (χ4n) is 7.43. The maximum Gasteiger partial charge on any atom is 0.231 e. The minimum Gasteiger partial charge on any atom is -0.395 e. The maximum atomic E-state index is 11.6. The van der Waals surface area contributed by atoms with Crippen molar-refractivity contribution in [3.05, 3.63) is 46.4 Å². The lowest BCUT2D eigenvalue weighted by molar-refractivity contribution is -0.135. The average molecular weight is 1110 g/mol. The van der Waals surface area contributed by atoms with Crippen LogP contribution < -0.4 is 4.90 Å². The standard InChI is InChI=1S/C10H17N3O.C9H14N2OS.C9H20N2.C8H12N2OS.C8H17NO3.C8H16.C6H14/c1-8(2)10(14)13(4)7-9-11-5-6-12(9)3;1-7(2)9(12)11(3)6-8-10-4-5-13-8;1-8(2)5-11(4)9-6-10(3)7-9;1-6(2)7(11)10(3)8-9-4-5-12-8;1-7(2)8(12)9(3-5-10)4-6-11;1-7(2)8-5-3-4-6-8;1-5(2)6(3)4/h5-6,8H,7H2,1-4H3;4-5,7H,6H2,1-3H3;8-9H,5-7H2,1-4H3;4-6H,1-3H3;7,10-11H,3-6H2,1-2H3;7-8H,3-6H2,1-2H3;5-6H,1-4H3. The van der Waals surface area contributed by atoms with Crippen molar-refractivity contribution in [3.63, 3.8) is 0 Å². The maximum absolute atomic E-state index is 11.6. The molecule has 2 fully saturated rings. The Hall–Kier alpha value is -3.81. The van der Waals surface area contributed by atoms with E-state index < -0.39 is 0 Å². The van der Waals surface area contributed by atoms with Crippen molar-refractivity contribution in [2.24, 2.45) is 60.3 Å². The van der Waals surface area contributed by atoms with Crippen LogP contribution in [0, 0.1) is 53.3 Å². The Labute approximate surface area is 471 Å². The van der Waals surface area contributed by atoms with E-state index in [2.05, 4.69) is 94.2 Å². The summed E-state index contributed by atoms with van der Waals surface area (Å²) in [6.07, 6.45) is 13.0. The summed E-state index contributed by atoms with van der Waals surface area (Å²) in [4.78, 5) is 69.4. The van der Waals surface area contributed by atoms with Crippen molar-refractivity contribution in [1.82, 2.24) is 44.0 Å². The molecule has 440 valence electrons. The summed E-state index contributed by atoms with van der Waals surface area (Å²) in [6, 6.07) is 0.822. The van der Waals surface area contributed by atoms with E-state index in [1.807, 2.05) is 77.2 Å². The minimum atomic E-state index is -0.0805. The summed E-state index contributed by atoms with van der Waals surface area (Å²) >= 11 is 3.05. The van der Waals surface area contributed by atoms with E-state index in [4.69, 9.17) is 10.2 Å². The number of hydrogen-bond acceptors (Lipinski definition) is 13. The van der Waals surface area contributed by atoms with E-state index >= 15 is 0 Å². The molecule has 1 saturated heterocycles. The van der Waals surface area contributed by atoms with Gasteiger partial charge in [0.2, 0.25) is 23.6 Å². The number of anilines is 1. The van der Waals surface area contributed by atoms with Gasteiger partial charge in [0.15, 0.2) is 5.13 Å². The van der Waals surface area contributed by atoms with Crippen molar-refractivity contribution in [2.45, 2.75) is 156 Å². The third-order valence-electron chi connectivity index (χ3n) is 13.0. The largest absolute Gasteiger partial charge is 0.395 e. The number of hydrogen-bond donors (Lipinski definition) is 2. The number of likely N-dealkylation sites (N-methyl/N-ethyl adjacent to an activating group) is 2. The normalized spacial score (nSPS) is 13.4. The zero-order valence-corrected chi connectivity index (χ0v) is 53.4. The van der Waals surface area contributed by atoms with E-state index in [0.717, 1.165) is 51.6 Å². The molecule has 0 aromatic carbocycles. The second kappa shape index (κ2) is 41.3. The Morgan fingerprint density at radius 3 is 1.41 bits per heavy atom. The number of aliphatic hydroxyl groups excluding tert-OH is 2. The lowest BCUT2D eigenvalue weighted by Gasteiger charge is -2.42. The number of carbonyl (C=O) groups excluding carboxylic acids is 4. The van der Waals surface area contributed by atoms with Crippen LogP contribution in [0.25, 0.3) is 0 Å². The molecule has 18 heteroatoms. The molecule has 3 aromatic rings. The van der Waals surface area contributed by atoms with Gasteiger partial charge < -0.3 is 39.3 Å². The van der Waals surface area contributed by atoms with Crippen LogP contribution in [0.15, 0.2) is 35.5 Å². The fraction of sp³-hybridized carbons (Fsp3) is 0.776. The van der Waals surface area contributed by atoms with Gasteiger partial charge in [0.05, 0.1) is 26.3 Å². The number of rotatable bonds is 18. The first-order chi connectivity index (χ1) is 35.4. The van der Waals surface area contributed by atoms with E-state index in [1.54, 1.807) is 72.6 Å². The topological polar surface area (TPSA) is 172 Å². The van der Waals surface area contributed by atoms with Gasteiger partial charge in [-0.15, -0.1) is 22.7 Å². The molecule has 16 nitrogen and oxygen atoms in total. The van der Waals surface area contributed by atoms with Crippen LogP contribution in [0.2, 0.25) is 0 Å². The Kier molecular flexibility index (Phi) is 40.3. The van der Waals surface area contributed by atoms with Gasteiger partial charge in [-0.2, -0.15) is 0 Å². The number of carbonyl (C=O) groups is 4. The fourth-order valence-corrected chi connectivity index (χ4v) is 8.71. The Morgan fingerprint density at radius 1 is 0.618 bits per heavy atom. The molecule has 3 aromatic heterocycles. The number of thiazole rings is 2. The van der Waals surface area contributed by atoms with Crippen molar-refractivity contribution in [3.8, 4) is 0 Å². The number of amides is 4. The molecule has 4 amide bonds. The van der Waals surface area contributed by atoms with Gasteiger partial charge in [-0.25, -0.2) is 15.0 Å². The first-order valence-electron chi connectivity index (χ1n) is 27.8. The average Bonchev–Trinajstić information content (AvgIpc) is 4.21. The molecule has 2 aliphatic rings. The number of aromatic nitrogens is 4. The van der Waals surface area contributed by atoms with Crippen LogP contribution in [0.3, 0.4) is 0 Å². The molecule has 0 radical (unpaired) electrons. The van der Waals surface area contributed by atoms with E-state index in [-0.39, 0.29) is 60.5 Å². The predicted molar refractivity (Wildman–Crippen MR) is 319 cm³/mol. The highest BCUT2D eigenvalue weighted by molar-refractivity contribution is 7.13. The first kappa shape index (κ1) is 74.3. The lowest BCUT2D eigenvalue weighted by Crippen LogP contribution is -2.57. The van der Waals surface area contributed by atoms with Gasteiger partial charge in [-0.3, -0.25) is 24.1 Å². The molecule has 0 atom stereocenters. The smallest absolute Gasteiger partial charge is 0.231 e.